The van der Waals surface area contributed by atoms with Crippen molar-refractivity contribution in [3.05, 3.63) is 29.3 Å². The Kier molecular flexibility index (Phi) is 8.38. The van der Waals surface area contributed by atoms with Gasteiger partial charge in [-0.25, -0.2) is 4.39 Å². The highest BCUT2D eigenvalue weighted by molar-refractivity contribution is 5.33. The molecule has 1 aromatic rings. The van der Waals surface area contributed by atoms with E-state index in [1.54, 1.807) is 19.1 Å². The van der Waals surface area contributed by atoms with Gasteiger partial charge in [-0.05, 0) is 86.7 Å². The minimum Gasteiger partial charge on any atom is -0.491 e. The first kappa shape index (κ1) is 22.6. The van der Waals surface area contributed by atoms with Crippen molar-refractivity contribution in [2.24, 2.45) is 23.7 Å². The van der Waals surface area contributed by atoms with E-state index in [-0.39, 0.29) is 11.7 Å². The molecule has 0 saturated heterocycles. The van der Waals surface area contributed by atoms with Crippen molar-refractivity contribution in [1.29, 1.82) is 0 Å². The normalized spacial score (nSPS) is 28.9. The van der Waals surface area contributed by atoms with Crippen LogP contribution in [0.3, 0.4) is 0 Å². The average molecular weight is 407 g/mol. The van der Waals surface area contributed by atoms with Gasteiger partial charge in [0.05, 0.1) is 6.61 Å². The van der Waals surface area contributed by atoms with E-state index >= 15 is 0 Å². The predicted molar refractivity (Wildman–Crippen MR) is 116 cm³/mol. The zero-order chi connectivity index (χ0) is 20.8. The van der Waals surface area contributed by atoms with E-state index in [1.807, 2.05) is 0 Å². The van der Waals surface area contributed by atoms with Crippen molar-refractivity contribution in [3.8, 4) is 5.75 Å². The van der Waals surface area contributed by atoms with Gasteiger partial charge >= 0.3 is 0 Å². The summed E-state index contributed by atoms with van der Waals surface area (Å²) in [6, 6.07) is 3.35. The molecular formula is C26H40F2O. The quantitative estimate of drug-likeness (QED) is 0.422. The number of ether oxygens (including phenoxy) is 1. The fraction of sp³-hybridized carbons (Fsp3) is 0.769. The lowest BCUT2D eigenvalue weighted by Crippen LogP contribution is -2.28. The van der Waals surface area contributed by atoms with Crippen molar-refractivity contribution in [1.82, 2.24) is 0 Å². The van der Waals surface area contributed by atoms with Gasteiger partial charge in [-0.2, -0.15) is 4.39 Å². The van der Waals surface area contributed by atoms with Crippen LogP contribution in [0.1, 0.15) is 103 Å². The third-order valence-corrected chi connectivity index (χ3v) is 7.93. The van der Waals surface area contributed by atoms with Crippen LogP contribution in [0, 0.1) is 35.3 Å². The Bertz CT molecular complexity index is 628. The lowest BCUT2D eigenvalue weighted by Gasteiger charge is -2.39. The molecule has 0 radical (unpaired) electrons. The predicted octanol–water partition coefficient (Wildman–Crippen LogP) is 8.27. The van der Waals surface area contributed by atoms with Gasteiger partial charge in [0, 0.05) is 0 Å². The number of benzene rings is 1. The van der Waals surface area contributed by atoms with Crippen molar-refractivity contribution in [3.63, 3.8) is 0 Å². The molecule has 1 aromatic carbocycles. The molecule has 2 saturated carbocycles. The average Bonchev–Trinajstić information content (AvgIpc) is 2.76. The molecule has 164 valence electrons. The topological polar surface area (TPSA) is 9.23 Å². The molecule has 2 aliphatic rings. The van der Waals surface area contributed by atoms with E-state index in [9.17, 15) is 8.78 Å². The molecule has 0 aromatic heterocycles. The van der Waals surface area contributed by atoms with E-state index < -0.39 is 11.6 Å². The molecule has 1 unspecified atom stereocenters. The number of hydrogen-bond acceptors (Lipinski definition) is 1. The molecule has 3 rings (SSSR count). The monoisotopic (exact) mass is 406 g/mol. The maximum atomic E-state index is 14.6. The Labute approximate surface area is 176 Å². The Hall–Kier alpha value is -1.12. The van der Waals surface area contributed by atoms with Crippen LogP contribution in [-0.4, -0.2) is 6.61 Å². The van der Waals surface area contributed by atoms with Crippen molar-refractivity contribution in [2.75, 3.05) is 6.61 Å². The largest absolute Gasteiger partial charge is 0.491 e. The molecule has 0 bridgehead atoms. The summed E-state index contributed by atoms with van der Waals surface area (Å²) in [6.07, 6.45) is 14.0. The summed E-state index contributed by atoms with van der Waals surface area (Å²) in [5.41, 5.74) is 0.550. The lowest BCUT2D eigenvalue weighted by atomic mass is 9.66. The van der Waals surface area contributed by atoms with Crippen LogP contribution >= 0.6 is 0 Å². The first-order valence-electron chi connectivity index (χ1n) is 12.2. The van der Waals surface area contributed by atoms with E-state index in [2.05, 4.69) is 13.8 Å². The third kappa shape index (κ3) is 5.52. The minimum atomic E-state index is -0.820. The van der Waals surface area contributed by atoms with Gasteiger partial charge in [-0.1, -0.05) is 52.0 Å². The van der Waals surface area contributed by atoms with Crippen LogP contribution in [0.5, 0.6) is 5.75 Å². The fourth-order valence-electron chi connectivity index (χ4n) is 5.97. The molecule has 0 N–H and O–H groups in total. The standard InChI is InChI=1S/C26H40F2O/c1-4-6-7-19-8-10-20(11-9-19)18(3)21-12-14-22(15-13-21)23-16-17-24(29-5-2)26(28)25(23)27/h16-22H,4-15H2,1-3H3/t18?,19?,20?,21-,22-. The summed E-state index contributed by atoms with van der Waals surface area (Å²) in [7, 11) is 0. The summed E-state index contributed by atoms with van der Waals surface area (Å²) in [5.74, 6) is 2.02. The number of unbranched alkanes of at least 4 members (excludes halogenated alkanes) is 1. The van der Waals surface area contributed by atoms with Crippen LogP contribution in [0.4, 0.5) is 8.78 Å². The molecule has 0 amide bonds. The van der Waals surface area contributed by atoms with Gasteiger partial charge < -0.3 is 4.74 Å². The van der Waals surface area contributed by atoms with Crippen molar-refractivity contribution in [2.45, 2.75) is 97.3 Å². The van der Waals surface area contributed by atoms with Gasteiger partial charge in [0.1, 0.15) is 0 Å². The van der Waals surface area contributed by atoms with Gasteiger partial charge in [0.2, 0.25) is 5.82 Å². The van der Waals surface area contributed by atoms with Gasteiger partial charge in [0.25, 0.3) is 0 Å². The van der Waals surface area contributed by atoms with Crippen LogP contribution in [0.15, 0.2) is 12.1 Å². The highest BCUT2D eigenvalue weighted by Crippen LogP contribution is 2.45. The summed E-state index contributed by atoms with van der Waals surface area (Å²) >= 11 is 0. The molecule has 1 nitrogen and oxygen atoms in total. The van der Waals surface area contributed by atoms with Crippen LogP contribution < -0.4 is 4.74 Å². The second-order valence-corrected chi connectivity index (χ2v) is 9.61. The maximum Gasteiger partial charge on any atom is 0.200 e. The van der Waals surface area contributed by atoms with Crippen molar-refractivity contribution < 1.29 is 13.5 Å². The van der Waals surface area contributed by atoms with Gasteiger partial charge in [-0.3, -0.25) is 0 Å². The summed E-state index contributed by atoms with van der Waals surface area (Å²) in [5, 5.41) is 0. The highest BCUT2D eigenvalue weighted by atomic mass is 19.2. The molecule has 3 heteroatoms. The zero-order valence-corrected chi connectivity index (χ0v) is 18.7. The lowest BCUT2D eigenvalue weighted by molar-refractivity contribution is 0.131. The Morgan fingerprint density at radius 3 is 2.10 bits per heavy atom. The molecule has 2 fully saturated rings. The van der Waals surface area contributed by atoms with Crippen molar-refractivity contribution >= 4 is 0 Å². The molecular weight excluding hydrogens is 366 g/mol. The molecule has 2 aliphatic carbocycles. The van der Waals surface area contributed by atoms with Gasteiger partial charge in [0.15, 0.2) is 11.6 Å². The Balaban J connectivity index is 1.51. The smallest absolute Gasteiger partial charge is 0.200 e. The number of hydrogen-bond donors (Lipinski definition) is 0. The highest BCUT2D eigenvalue weighted by Gasteiger charge is 2.33. The Morgan fingerprint density at radius 1 is 0.897 bits per heavy atom. The van der Waals surface area contributed by atoms with Crippen LogP contribution in [-0.2, 0) is 0 Å². The molecule has 0 spiro atoms. The molecule has 0 heterocycles. The second-order valence-electron chi connectivity index (χ2n) is 9.61. The molecule has 29 heavy (non-hydrogen) atoms. The summed E-state index contributed by atoms with van der Waals surface area (Å²) < 4.78 is 34.0. The van der Waals surface area contributed by atoms with E-state index in [0.717, 1.165) is 49.4 Å². The first-order chi connectivity index (χ1) is 14.0. The van der Waals surface area contributed by atoms with E-state index in [0.29, 0.717) is 12.2 Å². The summed E-state index contributed by atoms with van der Waals surface area (Å²) in [6.45, 7) is 6.88. The third-order valence-electron chi connectivity index (χ3n) is 7.93. The zero-order valence-electron chi connectivity index (χ0n) is 18.7. The summed E-state index contributed by atoms with van der Waals surface area (Å²) in [4.78, 5) is 0. The SMILES string of the molecule is CCCCC1CCC(C(C)[C@H]2CC[C@H](c3ccc(OCC)c(F)c3F)CC2)CC1. The van der Waals surface area contributed by atoms with E-state index in [1.165, 1.54) is 44.9 Å². The van der Waals surface area contributed by atoms with Crippen LogP contribution in [0.2, 0.25) is 0 Å². The maximum absolute atomic E-state index is 14.6. The first-order valence-corrected chi connectivity index (χ1v) is 12.2. The van der Waals surface area contributed by atoms with Crippen LogP contribution in [0.25, 0.3) is 0 Å². The number of halogens is 2. The van der Waals surface area contributed by atoms with Gasteiger partial charge in [-0.15, -0.1) is 0 Å². The molecule has 0 aliphatic heterocycles. The Morgan fingerprint density at radius 2 is 1.52 bits per heavy atom. The molecule has 1 atom stereocenters. The second kappa shape index (κ2) is 10.8. The number of rotatable bonds is 8. The minimum absolute atomic E-state index is 0.0330. The fourth-order valence-corrected chi connectivity index (χ4v) is 5.97. The van der Waals surface area contributed by atoms with E-state index in [4.69, 9.17) is 4.74 Å².